The van der Waals surface area contributed by atoms with E-state index >= 15 is 0 Å². The summed E-state index contributed by atoms with van der Waals surface area (Å²) in [5, 5.41) is 7.05. The average molecular weight is 468 g/mol. The van der Waals surface area contributed by atoms with Crippen molar-refractivity contribution in [3.8, 4) is 5.69 Å². The van der Waals surface area contributed by atoms with Gasteiger partial charge in [-0.15, -0.1) is 0 Å². The van der Waals surface area contributed by atoms with Crippen LogP contribution in [-0.4, -0.2) is 49.1 Å². The number of carbonyl (C=O) groups is 2. The molecule has 10 nitrogen and oxygen atoms in total. The number of aromatic nitrogens is 2. The van der Waals surface area contributed by atoms with Crippen LogP contribution in [0.25, 0.3) is 5.69 Å². The second kappa shape index (κ2) is 9.25. The monoisotopic (exact) mass is 467 g/mol. The van der Waals surface area contributed by atoms with Gasteiger partial charge in [0.25, 0.3) is 15.9 Å². The number of esters is 1. The maximum atomic E-state index is 12.3. The summed E-state index contributed by atoms with van der Waals surface area (Å²) in [6, 6.07) is 17.5. The van der Waals surface area contributed by atoms with Crippen LogP contribution in [0.3, 0.4) is 0 Å². The van der Waals surface area contributed by atoms with Crippen LogP contribution in [0.15, 0.2) is 70.6 Å². The first-order chi connectivity index (χ1) is 15.8. The zero-order valence-electron chi connectivity index (χ0n) is 17.7. The molecule has 0 aliphatic carbocycles. The summed E-state index contributed by atoms with van der Waals surface area (Å²) in [4.78, 5) is 28.6. The highest BCUT2D eigenvalue weighted by Gasteiger charge is 2.30. The molecule has 3 aromatic rings. The van der Waals surface area contributed by atoms with Crippen molar-refractivity contribution in [2.24, 2.45) is 4.99 Å². The van der Waals surface area contributed by atoms with Crippen LogP contribution in [0.1, 0.15) is 17.7 Å². The first-order valence-electron chi connectivity index (χ1n) is 10.1. The number of rotatable bonds is 7. The number of carbonyl (C=O) groups excluding carboxylic acids is 2. The smallest absolute Gasteiger partial charge is 0.308 e. The number of hydrogen-bond acceptors (Lipinski definition) is 7. The summed E-state index contributed by atoms with van der Waals surface area (Å²) in [6.45, 7) is 1.34. The Morgan fingerprint density at radius 2 is 1.85 bits per heavy atom. The third-order valence-electron chi connectivity index (χ3n) is 4.71. The van der Waals surface area contributed by atoms with Gasteiger partial charge < -0.3 is 10.1 Å². The molecule has 1 aromatic heterocycles. The predicted octanol–water partition coefficient (Wildman–Crippen LogP) is 1.79. The lowest BCUT2D eigenvalue weighted by atomic mass is 10.2. The maximum absolute atomic E-state index is 12.3. The Morgan fingerprint density at radius 1 is 1.12 bits per heavy atom. The number of benzene rings is 2. The zero-order valence-corrected chi connectivity index (χ0v) is 18.5. The largest absolute Gasteiger partial charge is 0.456 e. The third-order valence-corrected chi connectivity index (χ3v) is 6.11. The van der Waals surface area contributed by atoms with Crippen molar-refractivity contribution in [1.82, 2.24) is 14.5 Å². The molecule has 0 radical (unpaired) electrons. The second-order valence-electron chi connectivity index (χ2n) is 7.21. The van der Waals surface area contributed by atoms with Crippen LogP contribution in [0.4, 0.5) is 5.82 Å². The number of aliphatic imine (C=N–C) groups is 1. The van der Waals surface area contributed by atoms with E-state index in [0.717, 1.165) is 11.4 Å². The van der Waals surface area contributed by atoms with E-state index in [9.17, 15) is 18.0 Å². The molecule has 1 aliphatic heterocycles. The van der Waals surface area contributed by atoms with Gasteiger partial charge >= 0.3 is 5.97 Å². The fourth-order valence-electron chi connectivity index (χ4n) is 3.26. The summed E-state index contributed by atoms with van der Waals surface area (Å²) < 4.78 is 33.1. The molecular weight excluding hydrogens is 446 g/mol. The minimum atomic E-state index is -3.64. The molecule has 11 heteroatoms. The van der Waals surface area contributed by atoms with E-state index in [-0.39, 0.29) is 23.7 Å². The van der Waals surface area contributed by atoms with Crippen molar-refractivity contribution >= 4 is 33.6 Å². The number of nitrogens with zero attached hydrogens (tertiary/aromatic N) is 3. The number of para-hydroxylation sites is 1. The molecule has 170 valence electrons. The summed E-state index contributed by atoms with van der Waals surface area (Å²) >= 11 is 0. The van der Waals surface area contributed by atoms with E-state index in [0.29, 0.717) is 11.4 Å². The van der Waals surface area contributed by atoms with Gasteiger partial charge in [-0.2, -0.15) is 5.10 Å². The fourth-order valence-corrected chi connectivity index (χ4v) is 4.51. The van der Waals surface area contributed by atoms with E-state index in [2.05, 4.69) is 20.1 Å². The second-order valence-corrected chi connectivity index (χ2v) is 8.86. The number of hydrogen-bond donors (Lipinski definition) is 2. The third kappa shape index (κ3) is 5.09. The topological polar surface area (TPSA) is 132 Å². The molecule has 0 fully saturated rings. The molecule has 1 amide bonds. The van der Waals surface area contributed by atoms with Gasteiger partial charge in [0, 0.05) is 11.6 Å². The van der Waals surface area contributed by atoms with Gasteiger partial charge in [0.15, 0.2) is 6.61 Å². The molecule has 4 rings (SSSR count). The first-order valence-corrected chi connectivity index (χ1v) is 11.6. The van der Waals surface area contributed by atoms with Crippen LogP contribution in [0.5, 0.6) is 0 Å². The highest BCUT2D eigenvalue weighted by molar-refractivity contribution is 7.90. The molecule has 1 aliphatic rings. The van der Waals surface area contributed by atoms with E-state index in [1.807, 2.05) is 30.3 Å². The number of amidine groups is 1. The Kier molecular flexibility index (Phi) is 6.22. The Morgan fingerprint density at radius 3 is 2.64 bits per heavy atom. The van der Waals surface area contributed by atoms with Crippen molar-refractivity contribution in [3.63, 3.8) is 0 Å². The van der Waals surface area contributed by atoms with Gasteiger partial charge in [0.1, 0.15) is 11.7 Å². The van der Waals surface area contributed by atoms with E-state index in [1.54, 1.807) is 35.9 Å². The van der Waals surface area contributed by atoms with Gasteiger partial charge in [-0.3, -0.25) is 19.3 Å². The van der Waals surface area contributed by atoms with E-state index in [4.69, 9.17) is 4.74 Å². The highest BCUT2D eigenvalue weighted by Crippen LogP contribution is 2.22. The molecule has 0 unspecified atom stereocenters. The number of ether oxygens (including phenoxy) is 1. The molecular formula is C22H21N5O5S. The minimum absolute atomic E-state index is 0.00656. The van der Waals surface area contributed by atoms with E-state index in [1.165, 1.54) is 6.07 Å². The van der Waals surface area contributed by atoms with Gasteiger partial charge in [-0.05, 0) is 31.2 Å². The van der Waals surface area contributed by atoms with Crippen molar-refractivity contribution in [3.05, 3.63) is 71.9 Å². The highest BCUT2D eigenvalue weighted by atomic mass is 32.2. The van der Waals surface area contributed by atoms with Gasteiger partial charge in [0.2, 0.25) is 0 Å². The quantitative estimate of drug-likeness (QED) is 0.509. The van der Waals surface area contributed by atoms with Gasteiger partial charge in [-0.25, -0.2) is 13.1 Å². The first kappa shape index (κ1) is 22.2. The number of sulfonamides is 1. The van der Waals surface area contributed by atoms with Crippen molar-refractivity contribution < 1.29 is 22.7 Å². The van der Waals surface area contributed by atoms with Crippen LogP contribution < -0.4 is 10.0 Å². The van der Waals surface area contributed by atoms with Crippen molar-refractivity contribution in [2.45, 2.75) is 18.2 Å². The normalized spacial score (nSPS) is 15.0. The zero-order chi connectivity index (χ0) is 23.4. The summed E-state index contributed by atoms with van der Waals surface area (Å²) in [5.74, 6) is -0.500. The molecule has 2 N–H and O–H groups in total. The average Bonchev–Trinajstić information content (AvgIpc) is 3.29. The number of aryl methyl sites for hydroxylation is 1. The molecule has 33 heavy (non-hydrogen) atoms. The fraction of sp³-hybridized carbons (Fsp3) is 0.182. The molecule has 0 saturated carbocycles. The van der Waals surface area contributed by atoms with Gasteiger partial charge in [0.05, 0.1) is 29.2 Å². The lowest BCUT2D eigenvalue weighted by molar-refractivity contribution is -0.147. The van der Waals surface area contributed by atoms with Gasteiger partial charge in [-0.1, -0.05) is 30.3 Å². The minimum Gasteiger partial charge on any atom is -0.456 e. The van der Waals surface area contributed by atoms with Crippen LogP contribution in [0.2, 0.25) is 0 Å². The molecule has 0 bridgehead atoms. The summed E-state index contributed by atoms with van der Waals surface area (Å²) in [7, 11) is -3.64. The number of fused-ring (bicyclic) bond motifs is 1. The van der Waals surface area contributed by atoms with Crippen LogP contribution in [0, 0.1) is 6.92 Å². The number of nitrogens with one attached hydrogen (secondary N) is 2. The maximum Gasteiger partial charge on any atom is 0.308 e. The standard InChI is InChI=1S/C22H21N5O5S/c1-15-13-19(27(25-15)16-7-3-2-4-8-16)24-20(28)14-32-21(29)11-12-23-22-17-9-5-6-10-18(17)33(30,31)26-22/h2-10,13H,11-12,14H2,1H3,(H,23,26)(H,24,28). The van der Waals surface area contributed by atoms with E-state index < -0.39 is 28.5 Å². The number of anilines is 1. The summed E-state index contributed by atoms with van der Waals surface area (Å²) in [6.07, 6.45) is -0.109. The molecule has 0 atom stereocenters. The number of amides is 1. The predicted molar refractivity (Wildman–Crippen MR) is 121 cm³/mol. The Labute approximate surface area is 190 Å². The van der Waals surface area contributed by atoms with Crippen LogP contribution in [-0.2, 0) is 24.3 Å². The Bertz CT molecular complexity index is 1330. The van der Waals surface area contributed by atoms with Crippen molar-refractivity contribution in [2.75, 3.05) is 18.5 Å². The van der Waals surface area contributed by atoms with Crippen molar-refractivity contribution in [1.29, 1.82) is 0 Å². The molecule has 0 spiro atoms. The summed E-state index contributed by atoms with van der Waals surface area (Å²) in [5.41, 5.74) is 1.95. The lowest BCUT2D eigenvalue weighted by Gasteiger charge is -2.09. The Hall–Kier alpha value is -3.99. The molecule has 2 heterocycles. The Balaban J connectivity index is 1.29. The SMILES string of the molecule is Cc1cc(NC(=O)COC(=O)CCN=C2NS(=O)(=O)c3ccccc32)n(-c2ccccc2)n1. The molecule has 2 aromatic carbocycles. The van der Waals surface area contributed by atoms with Crippen LogP contribution >= 0.6 is 0 Å². The molecule has 0 saturated heterocycles. The lowest BCUT2D eigenvalue weighted by Crippen LogP contribution is -2.23.